The number of aliphatic hydroxyl groups excluding tert-OH is 1. The zero-order valence-corrected chi connectivity index (χ0v) is 9.54. The number of hydrogen-bond donors (Lipinski definition) is 3. The van der Waals surface area contributed by atoms with Crippen molar-refractivity contribution in [3.63, 3.8) is 0 Å². The molecule has 1 rings (SSSR count). The molecule has 5 heteroatoms. The minimum atomic E-state index is -0.621. The third-order valence-electron chi connectivity index (χ3n) is 2.75. The molecular weight excluding hydrogens is 196 g/mol. The van der Waals surface area contributed by atoms with Crippen molar-refractivity contribution in [1.82, 2.24) is 10.6 Å². The number of rotatable bonds is 3. The maximum Gasteiger partial charge on any atom is 0.315 e. The molecule has 0 aliphatic carbocycles. The number of hydrogen-bond acceptors (Lipinski definition) is 3. The van der Waals surface area contributed by atoms with Gasteiger partial charge >= 0.3 is 6.03 Å². The first-order valence-electron chi connectivity index (χ1n) is 5.26. The van der Waals surface area contributed by atoms with Crippen LogP contribution in [-0.2, 0) is 4.74 Å². The van der Waals surface area contributed by atoms with Gasteiger partial charge in [0, 0.05) is 6.61 Å². The van der Waals surface area contributed by atoms with Gasteiger partial charge in [0.1, 0.15) is 0 Å². The highest BCUT2D eigenvalue weighted by Gasteiger charge is 2.27. The van der Waals surface area contributed by atoms with Gasteiger partial charge in [0.05, 0.1) is 24.3 Å². The van der Waals surface area contributed by atoms with Gasteiger partial charge in [-0.2, -0.15) is 0 Å². The van der Waals surface area contributed by atoms with E-state index in [1.54, 1.807) is 20.8 Å². The summed E-state index contributed by atoms with van der Waals surface area (Å²) in [6.45, 7) is 6.48. The van der Waals surface area contributed by atoms with E-state index in [-0.39, 0.29) is 12.1 Å². The first kappa shape index (κ1) is 12.3. The van der Waals surface area contributed by atoms with Crippen LogP contribution in [0, 0.1) is 0 Å². The highest BCUT2D eigenvalue weighted by Crippen LogP contribution is 2.08. The van der Waals surface area contributed by atoms with Crippen LogP contribution in [0.1, 0.15) is 27.2 Å². The average Bonchev–Trinajstić information content (AvgIpc) is 2.54. The van der Waals surface area contributed by atoms with Crippen molar-refractivity contribution in [2.75, 3.05) is 13.2 Å². The van der Waals surface area contributed by atoms with Crippen LogP contribution < -0.4 is 10.6 Å². The summed E-state index contributed by atoms with van der Waals surface area (Å²) in [6, 6.07) is -0.161. The molecule has 1 heterocycles. The zero-order chi connectivity index (χ0) is 11.5. The fraction of sp³-hybridized carbons (Fsp3) is 0.900. The summed E-state index contributed by atoms with van der Waals surface area (Å²) in [7, 11) is 0. The lowest BCUT2D eigenvalue weighted by atomic mass is 9.99. The van der Waals surface area contributed by atoms with Crippen molar-refractivity contribution in [3.8, 4) is 0 Å². The predicted octanol–water partition coefficient (Wildman–Crippen LogP) is 0.234. The molecule has 88 valence electrons. The van der Waals surface area contributed by atoms with Crippen molar-refractivity contribution >= 4 is 6.03 Å². The van der Waals surface area contributed by atoms with E-state index in [4.69, 9.17) is 4.74 Å². The topological polar surface area (TPSA) is 70.6 Å². The molecule has 3 N–H and O–H groups in total. The van der Waals surface area contributed by atoms with Crippen LogP contribution in [-0.4, -0.2) is 42.0 Å². The van der Waals surface area contributed by atoms with Crippen molar-refractivity contribution in [1.29, 1.82) is 0 Å². The molecule has 1 aliphatic heterocycles. The molecule has 2 unspecified atom stereocenters. The van der Waals surface area contributed by atoms with Crippen molar-refractivity contribution < 1.29 is 14.6 Å². The van der Waals surface area contributed by atoms with Gasteiger partial charge in [-0.3, -0.25) is 0 Å². The second-order valence-electron chi connectivity index (χ2n) is 4.56. The monoisotopic (exact) mass is 216 g/mol. The van der Waals surface area contributed by atoms with E-state index in [1.165, 1.54) is 0 Å². The molecule has 0 radical (unpaired) electrons. The lowest BCUT2D eigenvalue weighted by Crippen LogP contribution is -2.55. The molecule has 0 bridgehead atoms. The average molecular weight is 216 g/mol. The second-order valence-corrected chi connectivity index (χ2v) is 4.56. The molecule has 1 aliphatic rings. The smallest absolute Gasteiger partial charge is 0.315 e. The van der Waals surface area contributed by atoms with Crippen LogP contribution in [0.15, 0.2) is 0 Å². The van der Waals surface area contributed by atoms with E-state index in [0.717, 1.165) is 6.42 Å². The minimum absolute atomic E-state index is 0.0924. The van der Waals surface area contributed by atoms with Crippen molar-refractivity contribution in [3.05, 3.63) is 0 Å². The molecule has 15 heavy (non-hydrogen) atoms. The summed E-state index contributed by atoms with van der Waals surface area (Å²) in [5.41, 5.74) is -0.621. The van der Waals surface area contributed by atoms with Gasteiger partial charge in [0.2, 0.25) is 0 Å². The third kappa shape index (κ3) is 3.68. The molecule has 0 aromatic rings. The Hall–Kier alpha value is -0.810. The Bertz CT molecular complexity index is 223. The Labute approximate surface area is 90.2 Å². The number of ether oxygens (including phenoxy) is 1. The molecule has 0 aromatic carbocycles. The Morgan fingerprint density at radius 3 is 2.73 bits per heavy atom. The van der Waals surface area contributed by atoms with Crippen LogP contribution in [0.4, 0.5) is 4.79 Å². The van der Waals surface area contributed by atoms with E-state index in [2.05, 4.69) is 10.6 Å². The molecule has 0 spiro atoms. The standard InChI is InChI=1S/C10H20N2O3/c1-7(13)10(2,3)12-9(14)11-8-4-5-15-6-8/h7-8,13H,4-6H2,1-3H3,(H2,11,12,14). The van der Waals surface area contributed by atoms with Crippen LogP contribution in [0.3, 0.4) is 0 Å². The largest absolute Gasteiger partial charge is 0.391 e. The molecule has 2 amide bonds. The normalized spacial score (nSPS) is 23.6. The molecule has 1 saturated heterocycles. The quantitative estimate of drug-likeness (QED) is 0.632. The Morgan fingerprint density at radius 1 is 1.60 bits per heavy atom. The minimum Gasteiger partial charge on any atom is -0.391 e. The van der Waals surface area contributed by atoms with Gasteiger partial charge in [-0.1, -0.05) is 0 Å². The van der Waals surface area contributed by atoms with Crippen LogP contribution in [0.25, 0.3) is 0 Å². The van der Waals surface area contributed by atoms with E-state index in [0.29, 0.717) is 13.2 Å². The number of carbonyl (C=O) groups excluding carboxylic acids is 1. The summed E-state index contributed by atoms with van der Waals surface area (Å²) < 4.78 is 5.14. The summed E-state index contributed by atoms with van der Waals surface area (Å²) in [4.78, 5) is 11.5. The van der Waals surface area contributed by atoms with E-state index >= 15 is 0 Å². The number of carbonyl (C=O) groups is 1. The van der Waals surface area contributed by atoms with E-state index in [9.17, 15) is 9.90 Å². The highest BCUT2D eigenvalue weighted by atomic mass is 16.5. The van der Waals surface area contributed by atoms with Crippen molar-refractivity contribution in [2.24, 2.45) is 0 Å². The third-order valence-corrected chi connectivity index (χ3v) is 2.75. The predicted molar refractivity (Wildman–Crippen MR) is 56.7 cm³/mol. The van der Waals surface area contributed by atoms with Gasteiger partial charge in [0.25, 0.3) is 0 Å². The van der Waals surface area contributed by atoms with Gasteiger partial charge in [-0.15, -0.1) is 0 Å². The number of urea groups is 1. The lowest BCUT2D eigenvalue weighted by molar-refractivity contribution is 0.101. The van der Waals surface area contributed by atoms with Gasteiger partial charge < -0.3 is 20.5 Å². The highest BCUT2D eigenvalue weighted by molar-refractivity contribution is 5.75. The molecule has 0 saturated carbocycles. The molecule has 5 nitrogen and oxygen atoms in total. The maximum atomic E-state index is 11.5. The second kappa shape index (κ2) is 4.81. The zero-order valence-electron chi connectivity index (χ0n) is 9.54. The molecular formula is C10H20N2O3. The summed E-state index contributed by atoms with van der Waals surface area (Å²) in [5, 5.41) is 15.0. The molecule has 1 fully saturated rings. The van der Waals surface area contributed by atoms with Crippen LogP contribution in [0.5, 0.6) is 0 Å². The first-order chi connectivity index (χ1) is 6.92. The number of aliphatic hydroxyl groups is 1. The maximum absolute atomic E-state index is 11.5. The van der Waals surface area contributed by atoms with Crippen molar-refractivity contribution in [2.45, 2.75) is 44.9 Å². The summed E-state index contributed by atoms with van der Waals surface area (Å²) in [5.74, 6) is 0. The molecule has 2 atom stereocenters. The lowest BCUT2D eigenvalue weighted by Gasteiger charge is -2.29. The first-order valence-corrected chi connectivity index (χ1v) is 5.26. The fourth-order valence-electron chi connectivity index (χ4n) is 1.27. The molecule has 0 aromatic heterocycles. The van der Waals surface area contributed by atoms with Gasteiger partial charge in [0.15, 0.2) is 0 Å². The van der Waals surface area contributed by atoms with Gasteiger partial charge in [-0.05, 0) is 27.2 Å². The van der Waals surface area contributed by atoms with E-state index < -0.39 is 11.6 Å². The fourth-order valence-corrected chi connectivity index (χ4v) is 1.27. The van der Waals surface area contributed by atoms with Crippen LogP contribution in [0.2, 0.25) is 0 Å². The van der Waals surface area contributed by atoms with E-state index in [1.807, 2.05) is 0 Å². The Kier molecular flexibility index (Phi) is 3.93. The van der Waals surface area contributed by atoms with Crippen LogP contribution >= 0.6 is 0 Å². The summed E-state index contributed by atoms with van der Waals surface area (Å²) >= 11 is 0. The Morgan fingerprint density at radius 2 is 2.27 bits per heavy atom. The SMILES string of the molecule is CC(O)C(C)(C)NC(=O)NC1CCOC1. The number of nitrogens with one attached hydrogen (secondary N) is 2. The Balaban J connectivity index is 2.34. The van der Waals surface area contributed by atoms with Gasteiger partial charge in [-0.25, -0.2) is 4.79 Å². The summed E-state index contributed by atoms with van der Waals surface area (Å²) in [6.07, 6.45) is 0.255. The number of amides is 2.